The van der Waals surface area contributed by atoms with Crippen molar-refractivity contribution >= 4 is 33.7 Å². The molecule has 0 amide bonds. The third-order valence-electron chi connectivity index (χ3n) is 8.21. The first-order chi connectivity index (χ1) is 19.7. The third kappa shape index (κ3) is 5.85. The van der Waals surface area contributed by atoms with Crippen molar-refractivity contribution in [1.29, 1.82) is 0 Å². The van der Waals surface area contributed by atoms with Crippen LogP contribution in [-0.4, -0.2) is 59.3 Å². The first kappa shape index (κ1) is 27.4. The van der Waals surface area contributed by atoms with Crippen molar-refractivity contribution in [3.05, 3.63) is 59.2 Å². The summed E-state index contributed by atoms with van der Waals surface area (Å²) in [5.74, 6) is -1.24. The van der Waals surface area contributed by atoms with Gasteiger partial charge < -0.3 is 30.1 Å². The highest BCUT2D eigenvalue weighted by atomic mass is 19.1. The van der Waals surface area contributed by atoms with E-state index < -0.39 is 0 Å². The summed E-state index contributed by atoms with van der Waals surface area (Å²) in [6, 6.07) is 9.74. The molecule has 0 aliphatic carbocycles. The van der Waals surface area contributed by atoms with E-state index in [1.807, 2.05) is 0 Å². The van der Waals surface area contributed by atoms with Crippen molar-refractivity contribution in [2.45, 2.75) is 70.2 Å². The first-order valence-corrected chi connectivity index (χ1v) is 14.1. The van der Waals surface area contributed by atoms with Crippen LogP contribution in [0.4, 0.5) is 8.78 Å². The van der Waals surface area contributed by atoms with Crippen LogP contribution in [0.5, 0.6) is 0 Å². The van der Waals surface area contributed by atoms with E-state index in [9.17, 15) is 18.4 Å². The molecule has 4 aromatic rings. The summed E-state index contributed by atoms with van der Waals surface area (Å²) in [6.45, 7) is 4.04. The van der Waals surface area contributed by atoms with Gasteiger partial charge in [0, 0.05) is 73.7 Å². The van der Waals surface area contributed by atoms with E-state index >= 15 is 0 Å². The fourth-order valence-corrected chi connectivity index (χ4v) is 6.51. The molecule has 4 N–H and O–H groups in total. The average Bonchev–Trinajstić information content (AvgIpc) is 3.68. The van der Waals surface area contributed by atoms with Gasteiger partial charge in [0.1, 0.15) is 23.8 Å². The predicted octanol–water partition coefficient (Wildman–Crippen LogP) is 4.66. The van der Waals surface area contributed by atoms with Crippen LogP contribution in [-0.2, 0) is 31.9 Å². The van der Waals surface area contributed by atoms with Crippen molar-refractivity contribution in [3.63, 3.8) is 0 Å². The highest BCUT2D eigenvalue weighted by Crippen LogP contribution is 2.38. The number of benzene rings is 2. The molecule has 216 valence electrons. The van der Waals surface area contributed by atoms with E-state index in [1.54, 1.807) is 12.1 Å². The van der Waals surface area contributed by atoms with Crippen molar-refractivity contribution in [1.82, 2.24) is 20.6 Å². The standard InChI is InChI=1S/C31H34F2N4O4/c1-16(38)40-22-11-20(34-14-22)5-8-26-24-6-3-18(32)9-28(24)36-30(26)31-27(25-7-4-19(33)10-29(25)37-31)13-21-12-23(15-35-21)41-17(2)39/h3-4,6-7,9-10,20-23,34-37H,5,8,11-15H2,1-2H3/t20-,21+,22+,23+/m1/s1. The quantitative estimate of drug-likeness (QED) is 0.232. The highest BCUT2D eigenvalue weighted by Gasteiger charge is 2.30. The van der Waals surface area contributed by atoms with Crippen LogP contribution in [0.2, 0.25) is 0 Å². The zero-order valence-electron chi connectivity index (χ0n) is 23.1. The predicted molar refractivity (Wildman–Crippen MR) is 151 cm³/mol. The van der Waals surface area contributed by atoms with Gasteiger partial charge in [-0.3, -0.25) is 9.59 Å². The van der Waals surface area contributed by atoms with Crippen molar-refractivity contribution < 1.29 is 27.8 Å². The lowest BCUT2D eigenvalue weighted by atomic mass is 9.95. The molecule has 0 unspecified atom stereocenters. The van der Waals surface area contributed by atoms with Crippen molar-refractivity contribution in [2.75, 3.05) is 13.1 Å². The van der Waals surface area contributed by atoms with Gasteiger partial charge in [0.15, 0.2) is 0 Å². The topological polar surface area (TPSA) is 108 Å². The number of H-pyrrole nitrogens is 2. The Morgan fingerprint density at radius 1 is 0.780 bits per heavy atom. The molecule has 0 spiro atoms. The van der Waals surface area contributed by atoms with Crippen LogP contribution in [0, 0.1) is 11.6 Å². The summed E-state index contributed by atoms with van der Waals surface area (Å²) < 4.78 is 39.4. The Kier molecular flexibility index (Phi) is 7.52. The van der Waals surface area contributed by atoms with Crippen LogP contribution >= 0.6 is 0 Å². The van der Waals surface area contributed by atoms with E-state index in [0.717, 1.165) is 46.1 Å². The number of hydrogen-bond donors (Lipinski definition) is 4. The maximum atomic E-state index is 14.3. The number of fused-ring (bicyclic) bond motifs is 2. The monoisotopic (exact) mass is 564 g/mol. The van der Waals surface area contributed by atoms with Crippen molar-refractivity contribution in [2.24, 2.45) is 0 Å². The summed E-state index contributed by atoms with van der Waals surface area (Å²) in [5, 5.41) is 8.76. The Morgan fingerprint density at radius 3 is 1.88 bits per heavy atom. The van der Waals surface area contributed by atoms with Crippen LogP contribution < -0.4 is 10.6 Å². The number of aromatic amines is 2. The Hall–Kier alpha value is -3.76. The zero-order valence-corrected chi connectivity index (χ0v) is 23.1. The van der Waals surface area contributed by atoms with E-state index in [4.69, 9.17) is 9.47 Å². The second kappa shape index (κ2) is 11.3. The molecule has 2 aliphatic heterocycles. The molecule has 4 atom stereocenters. The molecule has 2 aromatic heterocycles. The molecule has 2 fully saturated rings. The largest absolute Gasteiger partial charge is 0.461 e. The van der Waals surface area contributed by atoms with Crippen LogP contribution in [0.1, 0.15) is 44.2 Å². The van der Waals surface area contributed by atoms with E-state index in [1.165, 1.54) is 38.1 Å². The van der Waals surface area contributed by atoms with Gasteiger partial charge in [-0.1, -0.05) is 0 Å². The van der Waals surface area contributed by atoms with E-state index in [0.29, 0.717) is 43.4 Å². The Labute approximate surface area is 236 Å². The van der Waals surface area contributed by atoms with Crippen LogP contribution in [0.25, 0.3) is 33.2 Å². The van der Waals surface area contributed by atoms with E-state index in [2.05, 4.69) is 20.6 Å². The Morgan fingerprint density at radius 2 is 1.29 bits per heavy atom. The number of hydrogen-bond acceptors (Lipinski definition) is 6. The second-order valence-corrected chi connectivity index (χ2v) is 11.2. The van der Waals surface area contributed by atoms with Gasteiger partial charge >= 0.3 is 11.9 Å². The molecule has 10 heteroatoms. The molecular formula is C31H34F2N4O4. The number of rotatable bonds is 8. The maximum absolute atomic E-state index is 14.3. The molecule has 6 rings (SSSR count). The number of nitrogens with one attached hydrogen (secondary N) is 4. The molecule has 0 radical (unpaired) electrons. The Balaban J connectivity index is 1.36. The van der Waals surface area contributed by atoms with Gasteiger partial charge in [0.2, 0.25) is 0 Å². The fraction of sp³-hybridized carbons (Fsp3) is 0.419. The number of halogens is 2. The van der Waals surface area contributed by atoms with Gasteiger partial charge in [-0.2, -0.15) is 0 Å². The number of carbonyl (C=O) groups excluding carboxylic acids is 2. The number of ether oxygens (including phenoxy) is 2. The lowest BCUT2D eigenvalue weighted by molar-refractivity contribution is -0.146. The molecule has 0 bridgehead atoms. The summed E-state index contributed by atoms with van der Waals surface area (Å²) in [4.78, 5) is 29.8. The van der Waals surface area contributed by atoms with Crippen molar-refractivity contribution in [3.8, 4) is 11.4 Å². The minimum atomic E-state index is -0.334. The minimum absolute atomic E-state index is 0.0633. The molecule has 8 nitrogen and oxygen atoms in total. The molecule has 4 heterocycles. The summed E-state index contributed by atoms with van der Waals surface area (Å²) in [7, 11) is 0. The highest BCUT2D eigenvalue weighted by molar-refractivity contribution is 5.96. The molecule has 2 aromatic carbocycles. The minimum Gasteiger partial charge on any atom is -0.461 e. The van der Waals surface area contributed by atoms with Gasteiger partial charge in [-0.05, 0) is 66.8 Å². The number of carbonyl (C=O) groups is 2. The molecule has 0 saturated carbocycles. The summed E-state index contributed by atoms with van der Waals surface area (Å²) in [6.07, 6.45) is 3.21. The Bertz CT molecular complexity index is 1610. The zero-order chi connectivity index (χ0) is 28.7. The van der Waals surface area contributed by atoms with Crippen LogP contribution in [0.15, 0.2) is 36.4 Å². The number of aryl methyl sites for hydroxylation is 1. The SMILES string of the molecule is CC(=O)O[C@@H]1CN[C@H](CCc2c(-c3[nH]c4cc(F)ccc4c3C[C@@H]3C[C@H](OC(C)=O)CN3)[nH]c3cc(F)ccc23)C1. The van der Waals surface area contributed by atoms with E-state index in [-0.39, 0.29) is 47.9 Å². The smallest absolute Gasteiger partial charge is 0.302 e. The van der Waals surface area contributed by atoms with Crippen LogP contribution in [0.3, 0.4) is 0 Å². The molecular weight excluding hydrogens is 530 g/mol. The normalized spacial score (nSPS) is 22.5. The second-order valence-electron chi connectivity index (χ2n) is 11.2. The third-order valence-corrected chi connectivity index (χ3v) is 8.21. The fourth-order valence-electron chi connectivity index (χ4n) is 6.51. The average molecular weight is 565 g/mol. The lowest BCUT2D eigenvalue weighted by Gasteiger charge is -2.14. The summed E-state index contributed by atoms with van der Waals surface area (Å²) >= 11 is 0. The molecule has 2 aliphatic rings. The lowest BCUT2D eigenvalue weighted by Crippen LogP contribution is -2.24. The van der Waals surface area contributed by atoms with Gasteiger partial charge in [0.05, 0.1) is 11.4 Å². The maximum Gasteiger partial charge on any atom is 0.302 e. The molecule has 2 saturated heterocycles. The number of esters is 2. The van der Waals surface area contributed by atoms with Gasteiger partial charge in [-0.15, -0.1) is 0 Å². The van der Waals surface area contributed by atoms with Gasteiger partial charge in [0.25, 0.3) is 0 Å². The summed E-state index contributed by atoms with van der Waals surface area (Å²) in [5.41, 5.74) is 5.12. The first-order valence-electron chi connectivity index (χ1n) is 14.1. The van der Waals surface area contributed by atoms with Gasteiger partial charge in [-0.25, -0.2) is 8.78 Å². The number of aromatic nitrogens is 2. The molecule has 41 heavy (non-hydrogen) atoms.